The molecule has 0 fully saturated rings. The SMILES string of the molecule is Cc1c(Nc2ccc3occc3c2)cnn(C)c1=O. The van der Waals surface area contributed by atoms with Gasteiger partial charge in [-0.15, -0.1) is 0 Å². The van der Waals surface area contributed by atoms with E-state index < -0.39 is 0 Å². The third kappa shape index (κ3) is 1.99. The van der Waals surface area contributed by atoms with Crippen LogP contribution in [0.25, 0.3) is 11.0 Å². The molecule has 0 aliphatic rings. The van der Waals surface area contributed by atoms with E-state index in [1.165, 1.54) is 4.68 Å². The lowest BCUT2D eigenvalue weighted by molar-refractivity contribution is 0.616. The van der Waals surface area contributed by atoms with Crippen molar-refractivity contribution in [3.63, 3.8) is 0 Å². The van der Waals surface area contributed by atoms with Crippen molar-refractivity contribution < 1.29 is 4.42 Å². The molecule has 3 aromatic rings. The van der Waals surface area contributed by atoms with E-state index in [4.69, 9.17) is 4.42 Å². The van der Waals surface area contributed by atoms with Crippen LogP contribution in [0.15, 0.2) is 45.9 Å². The molecule has 96 valence electrons. The van der Waals surface area contributed by atoms with Gasteiger partial charge in [-0.3, -0.25) is 4.79 Å². The quantitative estimate of drug-likeness (QED) is 0.764. The summed E-state index contributed by atoms with van der Waals surface area (Å²) < 4.78 is 6.61. The van der Waals surface area contributed by atoms with Gasteiger partial charge in [-0.2, -0.15) is 5.10 Å². The van der Waals surface area contributed by atoms with Gasteiger partial charge in [0, 0.05) is 23.7 Å². The molecule has 5 nitrogen and oxygen atoms in total. The maximum atomic E-state index is 11.8. The second-order valence-electron chi connectivity index (χ2n) is 4.41. The zero-order valence-electron chi connectivity index (χ0n) is 10.7. The van der Waals surface area contributed by atoms with Gasteiger partial charge in [-0.25, -0.2) is 4.68 Å². The number of aryl methyl sites for hydroxylation is 1. The van der Waals surface area contributed by atoms with Crippen LogP contribution in [0.3, 0.4) is 0 Å². The number of fused-ring (bicyclic) bond motifs is 1. The summed E-state index contributed by atoms with van der Waals surface area (Å²) in [6.45, 7) is 1.78. The molecule has 0 unspecified atom stereocenters. The summed E-state index contributed by atoms with van der Waals surface area (Å²) >= 11 is 0. The van der Waals surface area contributed by atoms with Gasteiger partial charge >= 0.3 is 0 Å². The average Bonchev–Trinajstić information content (AvgIpc) is 2.87. The van der Waals surface area contributed by atoms with Crippen LogP contribution in [0.5, 0.6) is 0 Å². The molecule has 5 heteroatoms. The van der Waals surface area contributed by atoms with Crippen LogP contribution in [-0.4, -0.2) is 9.78 Å². The first-order chi connectivity index (χ1) is 9.15. The van der Waals surface area contributed by atoms with Gasteiger partial charge in [0.15, 0.2) is 0 Å². The largest absolute Gasteiger partial charge is 0.464 e. The number of rotatable bonds is 2. The Kier molecular flexibility index (Phi) is 2.59. The van der Waals surface area contributed by atoms with Crippen molar-refractivity contribution >= 4 is 22.3 Å². The summed E-state index contributed by atoms with van der Waals surface area (Å²) in [6.07, 6.45) is 3.30. The number of hydrogen-bond donors (Lipinski definition) is 1. The molecule has 0 spiro atoms. The van der Waals surface area contributed by atoms with Crippen molar-refractivity contribution in [3.05, 3.63) is 52.6 Å². The minimum atomic E-state index is -0.102. The van der Waals surface area contributed by atoms with E-state index in [-0.39, 0.29) is 5.56 Å². The lowest BCUT2D eigenvalue weighted by Crippen LogP contribution is -2.22. The van der Waals surface area contributed by atoms with E-state index >= 15 is 0 Å². The van der Waals surface area contributed by atoms with Crippen LogP contribution in [0, 0.1) is 6.92 Å². The average molecular weight is 255 g/mol. The molecule has 2 heterocycles. The predicted octanol–water partition coefficient (Wildman–Crippen LogP) is 2.58. The lowest BCUT2D eigenvalue weighted by atomic mass is 10.2. The Morgan fingerprint density at radius 2 is 2.16 bits per heavy atom. The van der Waals surface area contributed by atoms with Crippen LogP contribution in [0.2, 0.25) is 0 Å². The monoisotopic (exact) mass is 255 g/mol. The fourth-order valence-electron chi connectivity index (χ4n) is 1.98. The predicted molar refractivity (Wildman–Crippen MR) is 73.7 cm³/mol. The summed E-state index contributed by atoms with van der Waals surface area (Å²) in [6, 6.07) is 7.66. The van der Waals surface area contributed by atoms with Gasteiger partial charge < -0.3 is 9.73 Å². The fraction of sp³-hybridized carbons (Fsp3) is 0.143. The van der Waals surface area contributed by atoms with Crippen LogP contribution < -0.4 is 10.9 Å². The summed E-state index contributed by atoms with van der Waals surface area (Å²) in [7, 11) is 1.64. The molecular formula is C14H13N3O2. The van der Waals surface area contributed by atoms with E-state index in [1.54, 1.807) is 26.4 Å². The van der Waals surface area contributed by atoms with Crippen molar-refractivity contribution in [3.8, 4) is 0 Å². The number of benzene rings is 1. The molecule has 0 aliphatic heterocycles. The molecule has 3 rings (SSSR count). The first-order valence-corrected chi connectivity index (χ1v) is 5.92. The van der Waals surface area contributed by atoms with Crippen molar-refractivity contribution in [2.24, 2.45) is 7.05 Å². The van der Waals surface area contributed by atoms with E-state index in [9.17, 15) is 4.79 Å². The number of aromatic nitrogens is 2. The van der Waals surface area contributed by atoms with Crippen molar-refractivity contribution in [2.45, 2.75) is 6.92 Å². The Morgan fingerprint density at radius 1 is 1.32 bits per heavy atom. The second kappa shape index (κ2) is 4.28. The fourth-order valence-corrected chi connectivity index (χ4v) is 1.98. The molecule has 0 amide bonds. The molecule has 19 heavy (non-hydrogen) atoms. The minimum Gasteiger partial charge on any atom is -0.464 e. The molecule has 0 atom stereocenters. The van der Waals surface area contributed by atoms with Crippen LogP contribution >= 0.6 is 0 Å². The zero-order valence-corrected chi connectivity index (χ0v) is 10.7. The molecule has 0 aliphatic carbocycles. The Morgan fingerprint density at radius 3 is 3.00 bits per heavy atom. The zero-order chi connectivity index (χ0) is 13.4. The maximum absolute atomic E-state index is 11.8. The third-order valence-electron chi connectivity index (χ3n) is 3.11. The third-order valence-corrected chi connectivity index (χ3v) is 3.11. The number of anilines is 2. The first-order valence-electron chi connectivity index (χ1n) is 5.92. The molecule has 0 bridgehead atoms. The first kappa shape index (κ1) is 11.5. The summed E-state index contributed by atoms with van der Waals surface area (Å²) in [5.74, 6) is 0. The van der Waals surface area contributed by atoms with Gasteiger partial charge in [0.2, 0.25) is 0 Å². The minimum absolute atomic E-state index is 0.102. The highest BCUT2D eigenvalue weighted by atomic mass is 16.3. The van der Waals surface area contributed by atoms with Crippen LogP contribution in [-0.2, 0) is 7.05 Å². The molecule has 0 radical (unpaired) electrons. The van der Waals surface area contributed by atoms with Crippen molar-refractivity contribution in [1.82, 2.24) is 9.78 Å². The van der Waals surface area contributed by atoms with Gasteiger partial charge in [0.05, 0.1) is 18.1 Å². The highest BCUT2D eigenvalue weighted by Crippen LogP contribution is 2.23. The molecule has 1 aromatic carbocycles. The number of nitrogens with zero attached hydrogens (tertiary/aromatic N) is 2. The number of nitrogens with one attached hydrogen (secondary N) is 1. The van der Waals surface area contributed by atoms with Gasteiger partial charge in [0.25, 0.3) is 5.56 Å². The standard InChI is InChI=1S/C14H13N3O2/c1-9-12(8-15-17(2)14(9)18)16-11-3-4-13-10(7-11)5-6-19-13/h3-8,16H,1-2H3. The molecule has 1 N–H and O–H groups in total. The summed E-state index contributed by atoms with van der Waals surface area (Å²) in [4.78, 5) is 11.8. The van der Waals surface area contributed by atoms with Gasteiger partial charge in [-0.05, 0) is 31.2 Å². The van der Waals surface area contributed by atoms with Gasteiger partial charge in [0.1, 0.15) is 5.58 Å². The normalized spacial score (nSPS) is 10.8. The Labute approximate surface area is 109 Å². The highest BCUT2D eigenvalue weighted by molar-refractivity contribution is 5.82. The van der Waals surface area contributed by atoms with E-state index in [0.717, 1.165) is 16.7 Å². The van der Waals surface area contributed by atoms with E-state index in [1.807, 2.05) is 24.3 Å². The van der Waals surface area contributed by atoms with Crippen molar-refractivity contribution in [2.75, 3.05) is 5.32 Å². The molecular weight excluding hydrogens is 242 g/mol. The molecule has 2 aromatic heterocycles. The topological polar surface area (TPSA) is 60.1 Å². The van der Waals surface area contributed by atoms with E-state index in [2.05, 4.69) is 10.4 Å². The Balaban J connectivity index is 2.00. The van der Waals surface area contributed by atoms with Gasteiger partial charge in [-0.1, -0.05) is 0 Å². The smallest absolute Gasteiger partial charge is 0.271 e. The summed E-state index contributed by atoms with van der Waals surface area (Å²) in [5, 5.41) is 8.23. The van der Waals surface area contributed by atoms with E-state index in [0.29, 0.717) is 11.3 Å². The highest BCUT2D eigenvalue weighted by Gasteiger charge is 2.06. The second-order valence-corrected chi connectivity index (χ2v) is 4.41. The lowest BCUT2D eigenvalue weighted by Gasteiger charge is -2.09. The number of hydrogen-bond acceptors (Lipinski definition) is 4. The van der Waals surface area contributed by atoms with Crippen molar-refractivity contribution in [1.29, 1.82) is 0 Å². The summed E-state index contributed by atoms with van der Waals surface area (Å²) in [5.41, 5.74) is 2.99. The molecule has 0 saturated heterocycles. The van der Waals surface area contributed by atoms with Crippen LogP contribution in [0.4, 0.5) is 11.4 Å². The Bertz CT molecular complexity index is 802. The molecule has 0 saturated carbocycles. The van der Waals surface area contributed by atoms with Crippen LogP contribution in [0.1, 0.15) is 5.56 Å². The Hall–Kier alpha value is -2.56. The maximum Gasteiger partial charge on any atom is 0.271 e. The number of furan rings is 1.